The van der Waals surface area contributed by atoms with E-state index in [2.05, 4.69) is 4.74 Å². The van der Waals surface area contributed by atoms with E-state index in [-0.39, 0.29) is 24.6 Å². The van der Waals surface area contributed by atoms with E-state index in [0.717, 1.165) is 0 Å². The number of rotatable bonds is 5. The van der Waals surface area contributed by atoms with Crippen LogP contribution in [0.15, 0.2) is 24.3 Å². The van der Waals surface area contributed by atoms with Crippen LogP contribution in [0, 0.1) is 0 Å². The van der Waals surface area contributed by atoms with Gasteiger partial charge in [-0.25, -0.2) is 4.79 Å². The fourth-order valence-electron chi connectivity index (χ4n) is 1.37. The van der Waals surface area contributed by atoms with Gasteiger partial charge in [-0.1, -0.05) is 12.1 Å². The third kappa shape index (κ3) is 4.04. The molecule has 0 radical (unpaired) electrons. The second-order valence-corrected chi connectivity index (χ2v) is 3.59. The second kappa shape index (κ2) is 7.25. The zero-order chi connectivity index (χ0) is 13.8. The Balaban J connectivity index is 0.00000324. The summed E-state index contributed by atoms with van der Waals surface area (Å²) in [5.74, 6) is -4.86. The number of methoxy groups -OCH3 is 1. The summed E-state index contributed by atoms with van der Waals surface area (Å²) < 4.78 is 36.5. The number of ether oxygens (including phenoxy) is 2. The maximum absolute atomic E-state index is 13.6. The summed E-state index contributed by atoms with van der Waals surface area (Å²) in [5, 5.41) is 0. The number of carbonyl (C=O) groups is 1. The van der Waals surface area contributed by atoms with Gasteiger partial charge in [0, 0.05) is 0 Å². The molecule has 0 saturated heterocycles. The number of alkyl halides is 2. The number of hydrogen-bond acceptors (Lipinski definition) is 4. The van der Waals surface area contributed by atoms with Gasteiger partial charge >= 0.3 is 11.9 Å². The predicted octanol–water partition coefficient (Wildman–Crippen LogP) is 2.32. The van der Waals surface area contributed by atoms with Crippen LogP contribution < -0.4 is 10.5 Å². The number of esters is 1. The van der Waals surface area contributed by atoms with Crippen LogP contribution in [0.2, 0.25) is 0 Å². The molecule has 19 heavy (non-hydrogen) atoms. The molecule has 7 heteroatoms. The van der Waals surface area contributed by atoms with Crippen molar-refractivity contribution in [3.8, 4) is 5.75 Å². The maximum atomic E-state index is 13.6. The van der Waals surface area contributed by atoms with Gasteiger partial charge in [0.2, 0.25) is 0 Å². The van der Waals surface area contributed by atoms with Crippen molar-refractivity contribution in [2.45, 2.75) is 18.9 Å². The molecule has 0 fully saturated rings. The Hall–Kier alpha value is -1.40. The Morgan fingerprint density at radius 3 is 2.32 bits per heavy atom. The van der Waals surface area contributed by atoms with Crippen LogP contribution in [0.3, 0.4) is 0 Å². The molecule has 4 nitrogen and oxygen atoms in total. The van der Waals surface area contributed by atoms with Crippen LogP contribution in [0.1, 0.15) is 18.5 Å². The molecule has 1 rings (SSSR count). The molecule has 0 spiro atoms. The fraction of sp³-hybridized carbons (Fsp3) is 0.417. The zero-order valence-electron chi connectivity index (χ0n) is 10.6. The highest BCUT2D eigenvalue weighted by Crippen LogP contribution is 2.31. The highest BCUT2D eigenvalue weighted by molar-refractivity contribution is 5.85. The Kier molecular flexibility index (Phi) is 6.72. The summed E-state index contributed by atoms with van der Waals surface area (Å²) in [4.78, 5) is 11.1. The van der Waals surface area contributed by atoms with Crippen LogP contribution in [0.5, 0.6) is 5.75 Å². The van der Waals surface area contributed by atoms with Gasteiger partial charge in [-0.3, -0.25) is 0 Å². The lowest BCUT2D eigenvalue weighted by Crippen LogP contribution is -2.41. The molecule has 1 aromatic rings. The normalized spacial score (nSPS) is 12.3. The first-order valence-corrected chi connectivity index (χ1v) is 5.38. The van der Waals surface area contributed by atoms with Crippen molar-refractivity contribution in [1.29, 1.82) is 0 Å². The van der Waals surface area contributed by atoms with Crippen molar-refractivity contribution in [3.05, 3.63) is 29.8 Å². The van der Waals surface area contributed by atoms with E-state index in [1.807, 2.05) is 0 Å². The van der Waals surface area contributed by atoms with E-state index in [0.29, 0.717) is 5.75 Å². The Bertz CT molecular complexity index is 412. The minimum atomic E-state index is -3.76. The minimum Gasteiger partial charge on any atom is -0.497 e. The Morgan fingerprint density at radius 1 is 1.37 bits per heavy atom. The quantitative estimate of drug-likeness (QED) is 0.847. The first-order chi connectivity index (χ1) is 8.43. The third-order valence-corrected chi connectivity index (χ3v) is 2.41. The summed E-state index contributed by atoms with van der Waals surface area (Å²) >= 11 is 0. The summed E-state index contributed by atoms with van der Waals surface area (Å²) in [5.41, 5.74) is 5.54. The summed E-state index contributed by atoms with van der Waals surface area (Å²) in [6.07, 6.45) is 0. The number of carbonyl (C=O) groups excluding carboxylic acids is 1. The van der Waals surface area contributed by atoms with Gasteiger partial charge in [0.1, 0.15) is 11.8 Å². The molecule has 0 aliphatic carbocycles. The van der Waals surface area contributed by atoms with E-state index < -0.39 is 17.9 Å². The standard InChI is InChI=1S/C12H15F2NO3.ClH/c1-3-18-11(16)12(13,14)10(15)8-4-6-9(17-2)7-5-8;/h4-7,10H,3,15H2,1-2H3;1H/t10-;/m0./s1. The number of benzene rings is 1. The highest BCUT2D eigenvalue weighted by atomic mass is 35.5. The van der Waals surface area contributed by atoms with Crippen LogP contribution in [-0.2, 0) is 9.53 Å². The lowest BCUT2D eigenvalue weighted by Gasteiger charge is -2.21. The number of halogens is 3. The summed E-state index contributed by atoms with van der Waals surface area (Å²) in [6.45, 7) is 1.33. The molecule has 0 amide bonds. The molecule has 0 aliphatic heterocycles. The molecular weight excluding hydrogens is 280 g/mol. The van der Waals surface area contributed by atoms with Gasteiger partial charge in [0.05, 0.1) is 13.7 Å². The zero-order valence-corrected chi connectivity index (χ0v) is 11.4. The van der Waals surface area contributed by atoms with Crippen molar-refractivity contribution in [2.75, 3.05) is 13.7 Å². The molecule has 1 aromatic carbocycles. The van der Waals surface area contributed by atoms with E-state index in [1.54, 1.807) is 0 Å². The van der Waals surface area contributed by atoms with Gasteiger partial charge in [0.15, 0.2) is 0 Å². The predicted molar refractivity (Wildman–Crippen MR) is 68.8 cm³/mol. The van der Waals surface area contributed by atoms with Crippen molar-refractivity contribution < 1.29 is 23.0 Å². The number of hydrogen-bond donors (Lipinski definition) is 1. The Labute approximate surface area is 116 Å². The average Bonchev–Trinajstić information content (AvgIpc) is 2.38. The molecule has 0 saturated carbocycles. The molecule has 0 aliphatic rings. The van der Waals surface area contributed by atoms with E-state index in [1.165, 1.54) is 38.3 Å². The lowest BCUT2D eigenvalue weighted by atomic mass is 10.0. The first-order valence-electron chi connectivity index (χ1n) is 5.38. The first kappa shape index (κ1) is 17.6. The van der Waals surface area contributed by atoms with E-state index in [9.17, 15) is 13.6 Å². The van der Waals surface area contributed by atoms with Crippen LogP contribution in [0.4, 0.5) is 8.78 Å². The van der Waals surface area contributed by atoms with Crippen LogP contribution >= 0.6 is 12.4 Å². The van der Waals surface area contributed by atoms with E-state index in [4.69, 9.17) is 10.5 Å². The molecule has 2 N–H and O–H groups in total. The SMILES string of the molecule is CCOC(=O)C(F)(F)[C@@H](N)c1ccc(OC)cc1.Cl. The number of nitrogens with two attached hydrogens (primary N) is 1. The topological polar surface area (TPSA) is 61.5 Å². The highest BCUT2D eigenvalue weighted by Gasteiger charge is 2.47. The monoisotopic (exact) mass is 295 g/mol. The molecule has 1 atom stereocenters. The van der Waals surface area contributed by atoms with Gasteiger partial charge in [-0.15, -0.1) is 12.4 Å². The smallest absolute Gasteiger partial charge is 0.379 e. The second-order valence-electron chi connectivity index (χ2n) is 3.59. The average molecular weight is 296 g/mol. The molecule has 108 valence electrons. The fourth-order valence-corrected chi connectivity index (χ4v) is 1.37. The van der Waals surface area contributed by atoms with Gasteiger partial charge < -0.3 is 15.2 Å². The summed E-state index contributed by atoms with van der Waals surface area (Å²) in [7, 11) is 1.46. The van der Waals surface area contributed by atoms with Crippen molar-refractivity contribution in [2.24, 2.45) is 5.73 Å². The third-order valence-electron chi connectivity index (χ3n) is 2.41. The Morgan fingerprint density at radius 2 is 1.89 bits per heavy atom. The van der Waals surface area contributed by atoms with Gasteiger partial charge in [-0.2, -0.15) is 8.78 Å². The van der Waals surface area contributed by atoms with E-state index >= 15 is 0 Å². The van der Waals surface area contributed by atoms with Crippen molar-refractivity contribution in [1.82, 2.24) is 0 Å². The van der Waals surface area contributed by atoms with Gasteiger partial charge in [0.25, 0.3) is 0 Å². The maximum Gasteiger partial charge on any atom is 0.379 e. The van der Waals surface area contributed by atoms with Crippen molar-refractivity contribution >= 4 is 18.4 Å². The minimum absolute atomic E-state index is 0. The van der Waals surface area contributed by atoms with Crippen LogP contribution in [0.25, 0.3) is 0 Å². The molecule has 0 heterocycles. The molecular formula is C12H16ClF2NO3. The van der Waals surface area contributed by atoms with Gasteiger partial charge in [-0.05, 0) is 24.6 Å². The lowest BCUT2D eigenvalue weighted by molar-refractivity contribution is -0.174. The molecule has 0 aromatic heterocycles. The van der Waals surface area contributed by atoms with Crippen molar-refractivity contribution in [3.63, 3.8) is 0 Å². The van der Waals surface area contributed by atoms with Crippen LogP contribution in [-0.4, -0.2) is 25.6 Å². The molecule has 0 bridgehead atoms. The largest absolute Gasteiger partial charge is 0.497 e. The summed E-state index contributed by atoms with van der Waals surface area (Å²) in [6, 6.07) is 4.02. The molecule has 0 unspecified atom stereocenters.